The fraction of sp³-hybridized carbons (Fsp3) is 0. The molecule has 0 fully saturated rings. The maximum Gasteiger partial charge on any atom is 0.161 e. The van der Waals surface area contributed by atoms with Crippen LogP contribution in [0.15, 0.2) is 18.2 Å². The van der Waals surface area contributed by atoms with Crippen molar-refractivity contribution < 1.29 is 4.84 Å². The highest BCUT2D eigenvalue weighted by atomic mass is 127. The van der Waals surface area contributed by atoms with Crippen LogP contribution in [0.1, 0.15) is 0 Å². The van der Waals surface area contributed by atoms with Gasteiger partial charge in [-0.3, -0.25) is 0 Å². The summed E-state index contributed by atoms with van der Waals surface area (Å²) in [7, 11) is 0. The van der Waals surface area contributed by atoms with E-state index >= 15 is 0 Å². The molecule has 0 aliphatic carbocycles. The molecule has 0 spiro atoms. The molecule has 0 radical (unpaired) electrons. The number of halogens is 2. The molecule has 2 N–H and O–H groups in total. The molecule has 0 atom stereocenters. The lowest BCUT2D eigenvalue weighted by Crippen LogP contribution is -2.03. The van der Waals surface area contributed by atoms with Crippen LogP contribution in [0.3, 0.4) is 0 Å². The van der Waals surface area contributed by atoms with Crippen LogP contribution in [-0.4, -0.2) is 0 Å². The third kappa shape index (κ3) is 1.96. The van der Waals surface area contributed by atoms with E-state index in [9.17, 15) is 0 Å². The van der Waals surface area contributed by atoms with E-state index in [2.05, 4.69) is 50.0 Å². The summed E-state index contributed by atoms with van der Waals surface area (Å²) in [4.78, 5) is 4.61. The lowest BCUT2D eigenvalue weighted by atomic mass is 10.3. The Labute approximate surface area is 86.4 Å². The first kappa shape index (κ1) is 8.54. The Bertz CT molecular complexity index is 239. The average molecular weight is 361 g/mol. The predicted octanol–water partition coefficient (Wildman–Crippen LogP) is 2.15. The highest BCUT2D eigenvalue weighted by Gasteiger charge is 1.98. The number of benzene rings is 1. The van der Waals surface area contributed by atoms with Crippen molar-refractivity contribution in [3.63, 3.8) is 0 Å². The van der Waals surface area contributed by atoms with Crippen molar-refractivity contribution in [1.29, 1.82) is 0 Å². The fourth-order valence-electron chi connectivity index (χ4n) is 0.568. The molecule has 0 bridgehead atoms. The summed E-state index contributed by atoms with van der Waals surface area (Å²) in [6.07, 6.45) is 0. The van der Waals surface area contributed by atoms with E-state index in [-0.39, 0.29) is 0 Å². The molecule has 0 aliphatic heterocycles. The molecule has 10 heavy (non-hydrogen) atoms. The lowest BCUT2D eigenvalue weighted by Gasteiger charge is -2.00. The fourth-order valence-corrected chi connectivity index (χ4v) is 1.49. The van der Waals surface area contributed by atoms with Gasteiger partial charge in [0, 0.05) is 3.57 Å². The number of nitrogens with two attached hydrogens (primary N) is 1. The molecular formula is C6H5I2NO. The van der Waals surface area contributed by atoms with Gasteiger partial charge in [-0.15, -0.1) is 0 Å². The van der Waals surface area contributed by atoms with Gasteiger partial charge in [-0.2, -0.15) is 5.90 Å². The summed E-state index contributed by atoms with van der Waals surface area (Å²) in [5.74, 6) is 5.74. The first-order valence-corrected chi connectivity index (χ1v) is 4.71. The second-order valence-electron chi connectivity index (χ2n) is 1.69. The molecule has 2 nitrogen and oxygen atoms in total. The Morgan fingerprint density at radius 3 is 2.50 bits per heavy atom. The predicted molar refractivity (Wildman–Crippen MR) is 56.7 cm³/mol. The molecular weight excluding hydrogens is 356 g/mol. The van der Waals surface area contributed by atoms with Crippen molar-refractivity contribution in [3.8, 4) is 5.75 Å². The highest BCUT2D eigenvalue weighted by molar-refractivity contribution is 14.1. The Balaban J connectivity index is 3.09. The van der Waals surface area contributed by atoms with Gasteiger partial charge in [0.15, 0.2) is 5.75 Å². The minimum absolute atomic E-state index is 0.729. The third-order valence-electron chi connectivity index (χ3n) is 1.02. The zero-order chi connectivity index (χ0) is 7.56. The van der Waals surface area contributed by atoms with Gasteiger partial charge in [0.25, 0.3) is 0 Å². The van der Waals surface area contributed by atoms with E-state index in [0.717, 1.165) is 12.9 Å². The molecule has 1 rings (SSSR count). The Hall–Kier alpha value is 0.440. The highest BCUT2D eigenvalue weighted by Crippen LogP contribution is 2.21. The topological polar surface area (TPSA) is 35.2 Å². The van der Waals surface area contributed by atoms with Crippen LogP contribution in [-0.2, 0) is 0 Å². The number of hydrogen-bond acceptors (Lipinski definition) is 2. The van der Waals surface area contributed by atoms with E-state index in [4.69, 9.17) is 5.90 Å². The molecule has 0 heterocycles. The molecule has 0 saturated heterocycles. The molecule has 0 amide bonds. The molecule has 54 valence electrons. The molecule has 4 heteroatoms. The van der Waals surface area contributed by atoms with Gasteiger partial charge in [0.05, 0.1) is 3.57 Å². The maximum absolute atomic E-state index is 5.01. The zero-order valence-electron chi connectivity index (χ0n) is 4.97. The summed E-state index contributed by atoms with van der Waals surface area (Å²) in [5, 5.41) is 0. The first-order valence-electron chi connectivity index (χ1n) is 2.56. The van der Waals surface area contributed by atoms with Gasteiger partial charge < -0.3 is 4.84 Å². The molecule has 0 aromatic heterocycles. The Morgan fingerprint density at radius 2 is 2.00 bits per heavy atom. The summed E-state index contributed by atoms with van der Waals surface area (Å²) < 4.78 is 2.15. The molecule has 0 unspecified atom stereocenters. The SMILES string of the molecule is NOc1cc(I)ccc1I. The van der Waals surface area contributed by atoms with Crippen LogP contribution in [0.25, 0.3) is 0 Å². The number of hydrogen-bond donors (Lipinski definition) is 1. The first-order chi connectivity index (χ1) is 4.74. The third-order valence-corrected chi connectivity index (χ3v) is 2.58. The summed E-state index contributed by atoms with van der Waals surface area (Å²) in [6.45, 7) is 0. The van der Waals surface area contributed by atoms with E-state index < -0.39 is 0 Å². The quantitative estimate of drug-likeness (QED) is 0.615. The summed E-state index contributed by atoms with van der Waals surface area (Å²) >= 11 is 4.38. The van der Waals surface area contributed by atoms with Gasteiger partial charge in [-0.1, -0.05) is 0 Å². The van der Waals surface area contributed by atoms with Gasteiger partial charge in [0.1, 0.15) is 0 Å². The standard InChI is InChI=1S/C6H5I2NO/c7-4-1-2-5(8)6(3-4)10-9/h1-3H,9H2. The van der Waals surface area contributed by atoms with E-state index in [0.29, 0.717) is 0 Å². The smallest absolute Gasteiger partial charge is 0.161 e. The van der Waals surface area contributed by atoms with Crippen LogP contribution >= 0.6 is 45.2 Å². The van der Waals surface area contributed by atoms with Crippen molar-refractivity contribution in [2.45, 2.75) is 0 Å². The van der Waals surface area contributed by atoms with Gasteiger partial charge in [-0.05, 0) is 63.4 Å². The van der Waals surface area contributed by atoms with Crippen LogP contribution in [0.4, 0.5) is 0 Å². The van der Waals surface area contributed by atoms with E-state index in [1.54, 1.807) is 0 Å². The van der Waals surface area contributed by atoms with Crippen LogP contribution in [0.2, 0.25) is 0 Å². The molecule has 0 saturated carbocycles. The second kappa shape index (κ2) is 3.72. The Morgan fingerprint density at radius 1 is 1.30 bits per heavy atom. The number of rotatable bonds is 1. The maximum atomic E-state index is 5.01. The summed E-state index contributed by atoms with van der Waals surface area (Å²) in [6, 6.07) is 5.86. The molecule has 1 aromatic carbocycles. The largest absolute Gasteiger partial charge is 0.410 e. The summed E-state index contributed by atoms with van der Waals surface area (Å²) in [5.41, 5.74) is 0. The lowest BCUT2D eigenvalue weighted by molar-refractivity contribution is 0.332. The Kier molecular flexibility index (Phi) is 3.18. The van der Waals surface area contributed by atoms with Gasteiger partial charge >= 0.3 is 0 Å². The van der Waals surface area contributed by atoms with Crippen molar-refractivity contribution in [1.82, 2.24) is 0 Å². The van der Waals surface area contributed by atoms with E-state index in [1.807, 2.05) is 18.2 Å². The van der Waals surface area contributed by atoms with Crippen molar-refractivity contribution in [3.05, 3.63) is 25.3 Å². The van der Waals surface area contributed by atoms with Crippen molar-refractivity contribution in [2.75, 3.05) is 0 Å². The van der Waals surface area contributed by atoms with Crippen LogP contribution < -0.4 is 10.7 Å². The van der Waals surface area contributed by atoms with Crippen molar-refractivity contribution >= 4 is 45.2 Å². The van der Waals surface area contributed by atoms with Crippen LogP contribution in [0.5, 0.6) is 5.75 Å². The average Bonchev–Trinajstić information content (AvgIpc) is 1.94. The van der Waals surface area contributed by atoms with E-state index in [1.165, 1.54) is 0 Å². The van der Waals surface area contributed by atoms with Crippen molar-refractivity contribution in [2.24, 2.45) is 5.90 Å². The van der Waals surface area contributed by atoms with Crippen LogP contribution in [0, 0.1) is 7.14 Å². The monoisotopic (exact) mass is 361 g/mol. The normalized spacial score (nSPS) is 9.50. The zero-order valence-corrected chi connectivity index (χ0v) is 9.29. The van der Waals surface area contributed by atoms with Gasteiger partial charge in [0.2, 0.25) is 0 Å². The second-order valence-corrected chi connectivity index (χ2v) is 4.10. The van der Waals surface area contributed by atoms with Gasteiger partial charge in [-0.25, -0.2) is 0 Å². The minimum atomic E-state index is 0.729. The molecule has 0 aliphatic rings. The molecule has 1 aromatic rings. The minimum Gasteiger partial charge on any atom is -0.410 e.